The molecular weight excluding hydrogens is 475 g/mol. The summed E-state index contributed by atoms with van der Waals surface area (Å²) in [6.45, 7) is 1.64. The van der Waals surface area contributed by atoms with E-state index in [0.717, 1.165) is 0 Å². The van der Waals surface area contributed by atoms with Gasteiger partial charge >= 0.3 is 0 Å². The summed E-state index contributed by atoms with van der Waals surface area (Å²) in [6, 6.07) is 15.0. The summed E-state index contributed by atoms with van der Waals surface area (Å²) >= 11 is 3.20. The van der Waals surface area contributed by atoms with Gasteiger partial charge in [0, 0.05) is 10.2 Å². The Labute approximate surface area is 182 Å². The summed E-state index contributed by atoms with van der Waals surface area (Å²) < 4.78 is 48.1. The maximum atomic E-state index is 14.0. The highest BCUT2D eigenvalue weighted by Crippen LogP contribution is 2.28. The Hall–Kier alpha value is -2.91. The van der Waals surface area contributed by atoms with E-state index >= 15 is 0 Å². The van der Waals surface area contributed by atoms with Crippen LogP contribution in [0.4, 0.5) is 15.8 Å². The molecule has 0 saturated heterocycles. The highest BCUT2D eigenvalue weighted by Gasteiger charge is 2.20. The molecule has 3 aromatic carbocycles. The summed E-state index contributed by atoms with van der Waals surface area (Å²) in [5, 5.41) is 2.54. The quantitative estimate of drug-likeness (QED) is 0.509. The Bertz CT molecular complexity index is 1220. The van der Waals surface area contributed by atoms with Crippen LogP contribution in [0, 0.1) is 12.7 Å². The zero-order chi connectivity index (χ0) is 21.9. The third kappa shape index (κ3) is 4.80. The van der Waals surface area contributed by atoms with Crippen LogP contribution >= 0.6 is 15.9 Å². The van der Waals surface area contributed by atoms with Gasteiger partial charge in [0.15, 0.2) is 0 Å². The molecule has 9 heteroatoms. The summed E-state index contributed by atoms with van der Waals surface area (Å²) in [4.78, 5) is 12.4. The number of carbonyl (C=O) groups excluding carboxylic acids is 1. The predicted octanol–water partition coefficient (Wildman–Crippen LogP) is 4.96. The van der Waals surface area contributed by atoms with Crippen molar-refractivity contribution in [2.75, 3.05) is 17.1 Å². The van der Waals surface area contributed by atoms with Crippen LogP contribution in [-0.2, 0) is 10.0 Å². The molecule has 0 radical (unpaired) electrons. The molecule has 1 amide bonds. The molecular formula is C21H18BrFN2O4S. The maximum Gasteiger partial charge on any atom is 0.262 e. The summed E-state index contributed by atoms with van der Waals surface area (Å²) in [5.74, 6) is -1.01. The third-order valence-electron chi connectivity index (χ3n) is 4.26. The number of methoxy groups -OCH3 is 1. The van der Waals surface area contributed by atoms with E-state index in [1.807, 2.05) is 0 Å². The van der Waals surface area contributed by atoms with Gasteiger partial charge in [0.1, 0.15) is 11.6 Å². The highest BCUT2D eigenvalue weighted by atomic mass is 79.9. The van der Waals surface area contributed by atoms with Gasteiger partial charge in [0.05, 0.1) is 23.3 Å². The number of benzene rings is 3. The average molecular weight is 493 g/mol. The molecule has 0 atom stereocenters. The van der Waals surface area contributed by atoms with E-state index in [9.17, 15) is 17.6 Å². The van der Waals surface area contributed by atoms with E-state index in [1.54, 1.807) is 43.3 Å². The van der Waals surface area contributed by atoms with E-state index in [1.165, 1.54) is 31.4 Å². The van der Waals surface area contributed by atoms with Gasteiger partial charge in [0.2, 0.25) is 0 Å². The smallest absolute Gasteiger partial charge is 0.262 e. The van der Waals surface area contributed by atoms with Crippen LogP contribution in [0.3, 0.4) is 0 Å². The number of halogens is 2. The fourth-order valence-corrected chi connectivity index (χ4v) is 4.47. The van der Waals surface area contributed by atoms with Crippen LogP contribution < -0.4 is 14.8 Å². The number of hydrogen-bond donors (Lipinski definition) is 2. The van der Waals surface area contributed by atoms with Crippen molar-refractivity contribution in [2.45, 2.75) is 11.8 Å². The maximum absolute atomic E-state index is 14.0. The number of anilines is 2. The molecule has 0 unspecified atom stereocenters. The number of para-hydroxylation sites is 2. The molecule has 3 rings (SSSR count). The molecule has 3 aromatic rings. The Morgan fingerprint density at radius 3 is 2.53 bits per heavy atom. The summed E-state index contributed by atoms with van der Waals surface area (Å²) in [5.41, 5.74) is 0.806. The van der Waals surface area contributed by atoms with E-state index in [-0.39, 0.29) is 21.8 Å². The Balaban J connectivity index is 1.91. The third-order valence-corrected chi connectivity index (χ3v) is 6.26. The number of rotatable bonds is 6. The molecule has 156 valence electrons. The van der Waals surface area contributed by atoms with Gasteiger partial charge in [-0.05, 0) is 55.0 Å². The van der Waals surface area contributed by atoms with Crippen LogP contribution in [0.1, 0.15) is 15.9 Å². The summed E-state index contributed by atoms with van der Waals surface area (Å²) in [6.07, 6.45) is 0. The van der Waals surface area contributed by atoms with Crippen molar-refractivity contribution in [1.29, 1.82) is 0 Å². The van der Waals surface area contributed by atoms with E-state index in [4.69, 9.17) is 4.74 Å². The fourth-order valence-electron chi connectivity index (χ4n) is 2.77. The fraction of sp³-hybridized carbons (Fsp3) is 0.0952. The first-order chi connectivity index (χ1) is 14.2. The number of sulfonamides is 1. The van der Waals surface area contributed by atoms with Gasteiger partial charge in [-0.2, -0.15) is 0 Å². The van der Waals surface area contributed by atoms with Gasteiger partial charge < -0.3 is 10.1 Å². The average Bonchev–Trinajstić information content (AvgIpc) is 2.71. The van der Waals surface area contributed by atoms with Crippen molar-refractivity contribution in [3.8, 4) is 5.75 Å². The second-order valence-corrected chi connectivity index (χ2v) is 8.93. The van der Waals surface area contributed by atoms with Crippen molar-refractivity contribution >= 4 is 43.2 Å². The van der Waals surface area contributed by atoms with Gasteiger partial charge in [-0.3, -0.25) is 9.52 Å². The molecule has 0 aromatic heterocycles. The molecule has 0 bridgehead atoms. The highest BCUT2D eigenvalue weighted by molar-refractivity contribution is 9.10. The van der Waals surface area contributed by atoms with Crippen molar-refractivity contribution in [2.24, 2.45) is 0 Å². The lowest BCUT2D eigenvalue weighted by Crippen LogP contribution is -2.17. The van der Waals surface area contributed by atoms with Gasteiger partial charge in [0.25, 0.3) is 15.9 Å². The number of ether oxygens (including phenoxy) is 1. The molecule has 0 aliphatic rings. The standard InChI is InChI=1S/C21H18BrFN2O4S/c1-13-7-9-15(24-21(26)16-11-14(22)8-10-17(16)23)12-20(13)30(27,28)25-18-5-3-4-6-19(18)29-2/h3-12,25H,1-2H3,(H,24,26). The van der Waals surface area contributed by atoms with E-state index < -0.39 is 21.7 Å². The van der Waals surface area contributed by atoms with Gasteiger partial charge in [-0.25, -0.2) is 12.8 Å². The Morgan fingerprint density at radius 2 is 1.80 bits per heavy atom. The van der Waals surface area contributed by atoms with Crippen molar-refractivity contribution in [1.82, 2.24) is 0 Å². The van der Waals surface area contributed by atoms with Crippen LogP contribution in [0.2, 0.25) is 0 Å². The van der Waals surface area contributed by atoms with Crippen molar-refractivity contribution in [3.05, 3.63) is 82.1 Å². The molecule has 2 N–H and O–H groups in total. The largest absolute Gasteiger partial charge is 0.495 e. The minimum atomic E-state index is -3.98. The number of amides is 1. The minimum absolute atomic E-state index is 0.0269. The molecule has 0 heterocycles. The SMILES string of the molecule is COc1ccccc1NS(=O)(=O)c1cc(NC(=O)c2cc(Br)ccc2F)ccc1C. The molecule has 30 heavy (non-hydrogen) atoms. The van der Waals surface area contributed by atoms with E-state index in [0.29, 0.717) is 15.8 Å². The number of nitrogens with one attached hydrogen (secondary N) is 2. The van der Waals surface area contributed by atoms with E-state index in [2.05, 4.69) is 26.0 Å². The van der Waals surface area contributed by atoms with Crippen LogP contribution in [0.15, 0.2) is 70.0 Å². The molecule has 0 fully saturated rings. The molecule has 0 saturated carbocycles. The Morgan fingerprint density at radius 1 is 1.07 bits per heavy atom. The number of aryl methyl sites for hydroxylation is 1. The zero-order valence-electron chi connectivity index (χ0n) is 16.1. The topological polar surface area (TPSA) is 84.5 Å². The number of hydrogen-bond acceptors (Lipinski definition) is 4. The second-order valence-electron chi connectivity index (χ2n) is 6.36. The van der Waals surface area contributed by atoms with Gasteiger partial charge in [-0.1, -0.05) is 34.1 Å². The number of carbonyl (C=O) groups is 1. The van der Waals surface area contributed by atoms with Crippen molar-refractivity contribution < 1.29 is 22.3 Å². The first-order valence-electron chi connectivity index (χ1n) is 8.74. The second kappa shape index (κ2) is 8.85. The molecule has 0 aliphatic heterocycles. The van der Waals surface area contributed by atoms with Gasteiger partial charge in [-0.15, -0.1) is 0 Å². The lowest BCUT2D eigenvalue weighted by Gasteiger charge is -2.14. The lowest BCUT2D eigenvalue weighted by molar-refractivity contribution is 0.102. The zero-order valence-corrected chi connectivity index (χ0v) is 18.5. The van der Waals surface area contributed by atoms with Crippen molar-refractivity contribution in [3.63, 3.8) is 0 Å². The first kappa shape index (κ1) is 21.8. The molecule has 0 aliphatic carbocycles. The summed E-state index contributed by atoms with van der Waals surface area (Å²) in [7, 11) is -2.54. The predicted molar refractivity (Wildman–Crippen MR) is 117 cm³/mol. The normalized spacial score (nSPS) is 11.1. The Kier molecular flexibility index (Phi) is 6.42. The van der Waals surface area contributed by atoms with Crippen LogP contribution in [-0.4, -0.2) is 21.4 Å². The molecule has 0 spiro atoms. The molecule has 6 nitrogen and oxygen atoms in total. The lowest BCUT2D eigenvalue weighted by atomic mass is 10.2. The minimum Gasteiger partial charge on any atom is -0.495 e. The monoisotopic (exact) mass is 492 g/mol. The van der Waals surface area contributed by atoms with Crippen LogP contribution in [0.25, 0.3) is 0 Å². The van der Waals surface area contributed by atoms with Crippen LogP contribution in [0.5, 0.6) is 5.75 Å². The first-order valence-corrected chi connectivity index (χ1v) is 11.0.